The van der Waals surface area contributed by atoms with Gasteiger partial charge < -0.3 is 11.1 Å². The van der Waals surface area contributed by atoms with Crippen molar-refractivity contribution in [3.8, 4) is 0 Å². The maximum Gasteiger partial charge on any atom is 0.251 e. The van der Waals surface area contributed by atoms with Crippen LogP contribution in [-0.4, -0.2) is 5.91 Å². The lowest BCUT2D eigenvalue weighted by Crippen LogP contribution is -2.26. The minimum absolute atomic E-state index is 0.0643. The van der Waals surface area contributed by atoms with E-state index in [1.165, 1.54) is 0 Å². The average Bonchev–Trinajstić information content (AvgIpc) is 2.42. The molecular formula is C15H15ClN2O. The fraction of sp³-hybridized carbons (Fsp3) is 0.133. The maximum atomic E-state index is 12.1. The van der Waals surface area contributed by atoms with Crippen LogP contribution in [0.4, 0.5) is 5.69 Å². The average molecular weight is 275 g/mol. The molecule has 0 saturated carbocycles. The van der Waals surface area contributed by atoms with Crippen molar-refractivity contribution in [2.24, 2.45) is 0 Å². The third kappa shape index (κ3) is 3.26. The highest BCUT2D eigenvalue weighted by atomic mass is 35.5. The second-order valence-electron chi connectivity index (χ2n) is 4.34. The number of benzene rings is 2. The molecule has 0 unspecified atom stereocenters. The predicted molar refractivity (Wildman–Crippen MR) is 78.2 cm³/mol. The number of anilines is 1. The second kappa shape index (κ2) is 5.76. The number of carbonyl (C=O) groups is 1. The Labute approximate surface area is 117 Å². The van der Waals surface area contributed by atoms with Crippen LogP contribution in [0, 0.1) is 0 Å². The molecule has 2 aromatic carbocycles. The van der Waals surface area contributed by atoms with E-state index >= 15 is 0 Å². The zero-order valence-electron chi connectivity index (χ0n) is 10.6. The second-order valence-corrected chi connectivity index (χ2v) is 4.75. The molecule has 4 heteroatoms. The molecule has 3 nitrogen and oxygen atoms in total. The van der Waals surface area contributed by atoms with Gasteiger partial charge in [0.15, 0.2) is 0 Å². The molecule has 1 atom stereocenters. The Morgan fingerprint density at radius 2 is 1.89 bits per heavy atom. The molecule has 1 amide bonds. The van der Waals surface area contributed by atoms with Gasteiger partial charge in [0.05, 0.1) is 16.8 Å². The summed E-state index contributed by atoms with van der Waals surface area (Å²) in [5, 5.41) is 3.37. The van der Waals surface area contributed by atoms with E-state index in [4.69, 9.17) is 17.3 Å². The zero-order chi connectivity index (χ0) is 13.8. The Balaban J connectivity index is 2.11. The van der Waals surface area contributed by atoms with Crippen LogP contribution < -0.4 is 11.1 Å². The van der Waals surface area contributed by atoms with E-state index < -0.39 is 0 Å². The lowest BCUT2D eigenvalue weighted by Gasteiger charge is -2.14. The van der Waals surface area contributed by atoms with Gasteiger partial charge in [0, 0.05) is 5.56 Å². The van der Waals surface area contributed by atoms with Crippen LogP contribution >= 0.6 is 11.6 Å². The minimum atomic E-state index is -0.167. The first-order valence-electron chi connectivity index (χ1n) is 5.99. The number of nitrogens with two attached hydrogens (primary N) is 1. The van der Waals surface area contributed by atoms with E-state index in [1.54, 1.807) is 18.2 Å². The fourth-order valence-electron chi connectivity index (χ4n) is 1.79. The van der Waals surface area contributed by atoms with Gasteiger partial charge in [-0.15, -0.1) is 0 Å². The first kappa shape index (κ1) is 13.4. The van der Waals surface area contributed by atoms with Gasteiger partial charge in [0.25, 0.3) is 5.91 Å². The van der Waals surface area contributed by atoms with Crippen molar-refractivity contribution >= 4 is 23.2 Å². The fourth-order valence-corrected chi connectivity index (χ4v) is 1.91. The van der Waals surface area contributed by atoms with E-state index in [0.717, 1.165) is 5.56 Å². The Kier molecular flexibility index (Phi) is 4.07. The molecule has 19 heavy (non-hydrogen) atoms. The lowest BCUT2D eigenvalue weighted by molar-refractivity contribution is 0.0940. The summed E-state index contributed by atoms with van der Waals surface area (Å²) in [5.41, 5.74) is 7.65. The first-order chi connectivity index (χ1) is 9.08. The van der Waals surface area contributed by atoms with E-state index in [2.05, 4.69) is 5.32 Å². The molecule has 0 spiro atoms. The van der Waals surface area contributed by atoms with Crippen LogP contribution in [0.3, 0.4) is 0 Å². The van der Waals surface area contributed by atoms with Gasteiger partial charge in [-0.05, 0) is 30.7 Å². The number of amides is 1. The van der Waals surface area contributed by atoms with Crippen LogP contribution in [0.25, 0.3) is 0 Å². The number of rotatable bonds is 3. The van der Waals surface area contributed by atoms with E-state index in [9.17, 15) is 4.79 Å². The highest BCUT2D eigenvalue weighted by molar-refractivity contribution is 6.33. The molecule has 0 saturated heterocycles. The highest BCUT2D eigenvalue weighted by Crippen LogP contribution is 2.20. The molecule has 0 aromatic heterocycles. The van der Waals surface area contributed by atoms with Crippen LogP contribution in [0.5, 0.6) is 0 Å². The van der Waals surface area contributed by atoms with Crippen LogP contribution in [0.2, 0.25) is 5.02 Å². The standard InChI is InChI=1S/C15H15ClN2O/c1-10(11-5-3-2-4-6-11)18-15(19)12-7-8-13(16)14(17)9-12/h2-10H,17H2,1H3,(H,18,19)/t10-/m0/s1. The summed E-state index contributed by atoms with van der Waals surface area (Å²) in [7, 11) is 0. The Morgan fingerprint density at radius 3 is 2.53 bits per heavy atom. The molecule has 0 fully saturated rings. The quantitative estimate of drug-likeness (QED) is 0.843. The van der Waals surface area contributed by atoms with Crippen LogP contribution in [0.15, 0.2) is 48.5 Å². The number of nitrogens with one attached hydrogen (secondary N) is 1. The van der Waals surface area contributed by atoms with Crippen LogP contribution in [0.1, 0.15) is 28.9 Å². The van der Waals surface area contributed by atoms with E-state index in [-0.39, 0.29) is 11.9 Å². The summed E-state index contributed by atoms with van der Waals surface area (Å²) in [6.07, 6.45) is 0. The van der Waals surface area contributed by atoms with E-state index in [1.807, 2.05) is 37.3 Å². The Hall–Kier alpha value is -2.00. The van der Waals surface area contributed by atoms with Gasteiger partial charge in [0.2, 0.25) is 0 Å². The largest absolute Gasteiger partial charge is 0.398 e. The van der Waals surface area contributed by atoms with Crippen molar-refractivity contribution in [1.82, 2.24) is 5.32 Å². The summed E-state index contributed by atoms with van der Waals surface area (Å²) in [5.74, 6) is -0.167. The van der Waals surface area contributed by atoms with Crippen LogP contribution in [-0.2, 0) is 0 Å². The number of nitrogen functional groups attached to an aromatic ring is 1. The Morgan fingerprint density at radius 1 is 1.21 bits per heavy atom. The number of hydrogen-bond donors (Lipinski definition) is 2. The smallest absolute Gasteiger partial charge is 0.251 e. The van der Waals surface area contributed by atoms with E-state index in [0.29, 0.717) is 16.3 Å². The SMILES string of the molecule is C[C@H](NC(=O)c1ccc(Cl)c(N)c1)c1ccccc1. The summed E-state index contributed by atoms with van der Waals surface area (Å²) in [4.78, 5) is 12.1. The van der Waals surface area contributed by atoms with Crippen molar-refractivity contribution < 1.29 is 4.79 Å². The molecule has 3 N–H and O–H groups in total. The number of halogens is 1. The summed E-state index contributed by atoms with van der Waals surface area (Å²) >= 11 is 5.83. The van der Waals surface area contributed by atoms with Crippen molar-refractivity contribution in [3.63, 3.8) is 0 Å². The predicted octanol–water partition coefficient (Wildman–Crippen LogP) is 3.41. The first-order valence-corrected chi connectivity index (χ1v) is 6.36. The van der Waals surface area contributed by atoms with Gasteiger partial charge >= 0.3 is 0 Å². The summed E-state index contributed by atoms with van der Waals surface area (Å²) in [6, 6.07) is 14.6. The van der Waals surface area contributed by atoms with Crippen molar-refractivity contribution in [2.75, 3.05) is 5.73 Å². The zero-order valence-corrected chi connectivity index (χ0v) is 11.3. The van der Waals surface area contributed by atoms with Gasteiger partial charge in [-0.3, -0.25) is 4.79 Å². The molecule has 2 rings (SSSR count). The van der Waals surface area contributed by atoms with Gasteiger partial charge in [-0.25, -0.2) is 0 Å². The molecule has 2 aromatic rings. The summed E-state index contributed by atoms with van der Waals surface area (Å²) in [6.45, 7) is 1.94. The van der Waals surface area contributed by atoms with Crippen molar-refractivity contribution in [3.05, 3.63) is 64.7 Å². The van der Waals surface area contributed by atoms with Gasteiger partial charge in [-0.1, -0.05) is 41.9 Å². The van der Waals surface area contributed by atoms with Crippen molar-refractivity contribution in [1.29, 1.82) is 0 Å². The minimum Gasteiger partial charge on any atom is -0.398 e. The molecule has 0 aliphatic carbocycles. The molecule has 98 valence electrons. The molecule has 0 radical (unpaired) electrons. The molecule has 0 bridgehead atoms. The molecular weight excluding hydrogens is 260 g/mol. The molecule has 0 heterocycles. The maximum absolute atomic E-state index is 12.1. The van der Waals surface area contributed by atoms with Gasteiger partial charge in [-0.2, -0.15) is 0 Å². The normalized spacial score (nSPS) is 11.9. The number of hydrogen-bond acceptors (Lipinski definition) is 2. The Bertz CT molecular complexity index is 584. The third-order valence-corrected chi connectivity index (χ3v) is 3.25. The van der Waals surface area contributed by atoms with Gasteiger partial charge in [0.1, 0.15) is 0 Å². The summed E-state index contributed by atoms with van der Waals surface area (Å²) < 4.78 is 0. The number of carbonyl (C=O) groups excluding carboxylic acids is 1. The molecule has 0 aliphatic rings. The lowest BCUT2D eigenvalue weighted by atomic mass is 10.1. The molecule has 0 aliphatic heterocycles. The third-order valence-electron chi connectivity index (χ3n) is 2.91. The van der Waals surface area contributed by atoms with Crippen molar-refractivity contribution in [2.45, 2.75) is 13.0 Å². The monoisotopic (exact) mass is 274 g/mol. The highest BCUT2D eigenvalue weighted by Gasteiger charge is 2.12. The topological polar surface area (TPSA) is 55.1 Å².